The van der Waals surface area contributed by atoms with E-state index >= 15 is 0 Å². The zero-order valence-corrected chi connectivity index (χ0v) is 12.1. The molecule has 0 radical (unpaired) electrons. The fourth-order valence-corrected chi connectivity index (χ4v) is 3.31. The van der Waals surface area contributed by atoms with E-state index in [-0.39, 0.29) is 0 Å². The van der Waals surface area contributed by atoms with Gasteiger partial charge in [0.2, 0.25) is 0 Å². The Morgan fingerprint density at radius 2 is 1.95 bits per heavy atom. The molecule has 1 aromatic rings. The molecule has 0 aromatic heterocycles. The second-order valence-corrected chi connectivity index (χ2v) is 6.22. The Labute approximate surface area is 117 Å². The zero-order chi connectivity index (χ0) is 13.1. The van der Waals surface area contributed by atoms with Crippen molar-refractivity contribution in [1.29, 1.82) is 0 Å². The molecule has 19 heavy (non-hydrogen) atoms. The molecule has 2 aliphatic rings. The maximum absolute atomic E-state index is 3.51. The van der Waals surface area contributed by atoms with Gasteiger partial charge in [-0.2, -0.15) is 0 Å². The van der Waals surface area contributed by atoms with Crippen molar-refractivity contribution in [2.24, 2.45) is 0 Å². The van der Waals surface area contributed by atoms with Crippen molar-refractivity contribution < 1.29 is 0 Å². The molecule has 1 N–H and O–H groups in total. The summed E-state index contributed by atoms with van der Waals surface area (Å²) in [6, 6.07) is 9.83. The molecule has 1 atom stereocenters. The van der Waals surface area contributed by atoms with Crippen molar-refractivity contribution in [3.8, 4) is 0 Å². The van der Waals surface area contributed by atoms with Gasteiger partial charge in [0.15, 0.2) is 0 Å². The summed E-state index contributed by atoms with van der Waals surface area (Å²) in [5, 5.41) is 3.51. The Morgan fingerprint density at radius 3 is 2.79 bits per heavy atom. The maximum atomic E-state index is 3.51. The van der Waals surface area contributed by atoms with Crippen molar-refractivity contribution in [3.05, 3.63) is 35.4 Å². The maximum Gasteiger partial charge on any atom is 0.0236 e. The van der Waals surface area contributed by atoms with E-state index in [0.717, 1.165) is 18.5 Å². The second-order valence-electron chi connectivity index (χ2n) is 6.22. The summed E-state index contributed by atoms with van der Waals surface area (Å²) in [7, 11) is 2.31. The van der Waals surface area contributed by atoms with Crippen molar-refractivity contribution >= 4 is 0 Å². The van der Waals surface area contributed by atoms with Gasteiger partial charge in [0.1, 0.15) is 0 Å². The van der Waals surface area contributed by atoms with E-state index in [1.54, 1.807) is 11.1 Å². The summed E-state index contributed by atoms with van der Waals surface area (Å²) in [5.74, 6) is 0.861. The van der Waals surface area contributed by atoms with E-state index < -0.39 is 0 Å². The first-order valence-electron chi connectivity index (χ1n) is 7.83. The lowest BCUT2D eigenvalue weighted by atomic mass is 10.0. The number of hydrogen-bond acceptors (Lipinski definition) is 2. The fraction of sp³-hybridized carbons (Fsp3) is 0.647. The van der Waals surface area contributed by atoms with Gasteiger partial charge in [-0.05, 0) is 69.3 Å². The molecular weight excluding hydrogens is 232 g/mol. The summed E-state index contributed by atoms with van der Waals surface area (Å²) < 4.78 is 0. The van der Waals surface area contributed by atoms with Crippen molar-refractivity contribution in [2.45, 2.75) is 50.6 Å². The molecule has 1 unspecified atom stereocenters. The van der Waals surface area contributed by atoms with Gasteiger partial charge in [-0.15, -0.1) is 0 Å². The van der Waals surface area contributed by atoms with Gasteiger partial charge in [-0.3, -0.25) is 4.90 Å². The van der Waals surface area contributed by atoms with Crippen LogP contribution >= 0.6 is 0 Å². The fourth-order valence-electron chi connectivity index (χ4n) is 3.31. The standard InChI is InChI=1S/C17H26N2/c1-19(16-6-4-11-18-12-10-16)13-15-5-2-3-7-17(15)14-8-9-14/h2-3,5,7,14,16,18H,4,6,8-13H2,1H3. The highest BCUT2D eigenvalue weighted by molar-refractivity contribution is 5.33. The lowest BCUT2D eigenvalue weighted by Crippen LogP contribution is -2.32. The minimum atomic E-state index is 0.752. The van der Waals surface area contributed by atoms with Gasteiger partial charge < -0.3 is 5.32 Å². The van der Waals surface area contributed by atoms with Crippen LogP contribution in [0.4, 0.5) is 0 Å². The first kappa shape index (κ1) is 13.1. The molecular formula is C17H26N2. The molecule has 1 aromatic carbocycles. The van der Waals surface area contributed by atoms with Gasteiger partial charge in [0.25, 0.3) is 0 Å². The van der Waals surface area contributed by atoms with Crippen LogP contribution in [0.2, 0.25) is 0 Å². The van der Waals surface area contributed by atoms with Crippen LogP contribution in [0.1, 0.15) is 49.1 Å². The molecule has 1 saturated carbocycles. The third-order valence-corrected chi connectivity index (χ3v) is 4.66. The van der Waals surface area contributed by atoms with Gasteiger partial charge in [-0.25, -0.2) is 0 Å². The largest absolute Gasteiger partial charge is 0.317 e. The smallest absolute Gasteiger partial charge is 0.0236 e. The average Bonchev–Trinajstić information content (AvgIpc) is 3.26. The first-order valence-corrected chi connectivity index (χ1v) is 7.83. The molecule has 1 aliphatic carbocycles. The summed E-state index contributed by atoms with van der Waals surface area (Å²) in [4.78, 5) is 2.58. The van der Waals surface area contributed by atoms with Gasteiger partial charge in [0.05, 0.1) is 0 Å². The van der Waals surface area contributed by atoms with Gasteiger partial charge in [-0.1, -0.05) is 24.3 Å². The summed E-state index contributed by atoms with van der Waals surface area (Å²) in [6.07, 6.45) is 6.75. The highest BCUT2D eigenvalue weighted by Gasteiger charge is 2.26. The highest BCUT2D eigenvalue weighted by atomic mass is 15.1. The topological polar surface area (TPSA) is 15.3 Å². The summed E-state index contributed by atoms with van der Waals surface area (Å²) in [5.41, 5.74) is 3.17. The predicted octanol–water partition coefficient (Wildman–Crippen LogP) is 3.14. The Balaban J connectivity index is 1.66. The SMILES string of the molecule is CN(Cc1ccccc1C1CC1)C1CCCNCC1. The van der Waals surface area contributed by atoms with E-state index in [9.17, 15) is 0 Å². The number of rotatable bonds is 4. The van der Waals surface area contributed by atoms with Crippen molar-refractivity contribution in [3.63, 3.8) is 0 Å². The van der Waals surface area contributed by atoms with E-state index in [4.69, 9.17) is 0 Å². The number of hydrogen-bond donors (Lipinski definition) is 1. The minimum Gasteiger partial charge on any atom is -0.317 e. The average molecular weight is 258 g/mol. The molecule has 3 rings (SSSR count). The van der Waals surface area contributed by atoms with E-state index in [1.165, 1.54) is 45.2 Å². The zero-order valence-electron chi connectivity index (χ0n) is 12.1. The molecule has 0 bridgehead atoms. The highest BCUT2D eigenvalue weighted by Crippen LogP contribution is 2.41. The second kappa shape index (κ2) is 6.06. The van der Waals surface area contributed by atoms with Crippen LogP contribution in [0.3, 0.4) is 0 Å². The first-order chi connectivity index (χ1) is 9.34. The number of nitrogens with one attached hydrogen (secondary N) is 1. The van der Waals surface area contributed by atoms with Crippen LogP contribution < -0.4 is 5.32 Å². The predicted molar refractivity (Wildman–Crippen MR) is 80.4 cm³/mol. The third-order valence-electron chi connectivity index (χ3n) is 4.66. The van der Waals surface area contributed by atoms with Crippen LogP contribution in [0, 0.1) is 0 Å². The van der Waals surface area contributed by atoms with Crippen LogP contribution in [0.5, 0.6) is 0 Å². The Bertz CT molecular complexity index is 403. The van der Waals surface area contributed by atoms with Crippen LogP contribution in [0.15, 0.2) is 24.3 Å². The van der Waals surface area contributed by atoms with Gasteiger partial charge >= 0.3 is 0 Å². The van der Waals surface area contributed by atoms with Crippen LogP contribution in [-0.2, 0) is 6.54 Å². The summed E-state index contributed by atoms with van der Waals surface area (Å²) in [6.45, 7) is 3.50. The monoisotopic (exact) mass is 258 g/mol. The van der Waals surface area contributed by atoms with Crippen molar-refractivity contribution in [2.75, 3.05) is 20.1 Å². The third kappa shape index (κ3) is 3.37. The minimum absolute atomic E-state index is 0.752. The Morgan fingerprint density at radius 1 is 1.11 bits per heavy atom. The molecule has 104 valence electrons. The normalized spacial score (nSPS) is 24.4. The Kier molecular flexibility index (Phi) is 4.19. The molecule has 2 heteroatoms. The quantitative estimate of drug-likeness (QED) is 0.892. The van der Waals surface area contributed by atoms with E-state index in [0.29, 0.717) is 0 Å². The number of nitrogens with zero attached hydrogens (tertiary/aromatic N) is 1. The molecule has 2 nitrogen and oxygen atoms in total. The van der Waals surface area contributed by atoms with Crippen LogP contribution in [-0.4, -0.2) is 31.1 Å². The molecule has 0 spiro atoms. The molecule has 1 heterocycles. The molecule has 0 amide bonds. The van der Waals surface area contributed by atoms with Gasteiger partial charge in [0, 0.05) is 12.6 Å². The molecule has 1 saturated heterocycles. The molecule has 1 aliphatic heterocycles. The molecule has 2 fully saturated rings. The summed E-state index contributed by atoms with van der Waals surface area (Å²) >= 11 is 0. The number of benzene rings is 1. The van der Waals surface area contributed by atoms with Crippen LogP contribution in [0.25, 0.3) is 0 Å². The van der Waals surface area contributed by atoms with E-state index in [1.807, 2.05) is 0 Å². The lowest BCUT2D eigenvalue weighted by molar-refractivity contribution is 0.216. The lowest BCUT2D eigenvalue weighted by Gasteiger charge is -2.27. The Hall–Kier alpha value is -0.860. The van der Waals surface area contributed by atoms with E-state index in [2.05, 4.69) is 41.5 Å². The van der Waals surface area contributed by atoms with Crippen molar-refractivity contribution in [1.82, 2.24) is 10.2 Å².